The number of carbonyl (C=O) groups excluding carboxylic acids is 1. The Morgan fingerprint density at radius 3 is 2.38 bits per heavy atom. The van der Waals surface area contributed by atoms with E-state index in [2.05, 4.69) is 51.0 Å². The van der Waals surface area contributed by atoms with E-state index in [1.807, 2.05) is 35.7 Å². The maximum atomic E-state index is 13.0. The number of amides is 1. The molecule has 1 aromatic carbocycles. The lowest BCUT2D eigenvalue weighted by molar-refractivity contribution is 0.0831. The summed E-state index contributed by atoms with van der Waals surface area (Å²) in [4.78, 5) is 14.9. The van der Waals surface area contributed by atoms with Crippen LogP contribution in [-0.4, -0.2) is 32.9 Å². The van der Waals surface area contributed by atoms with Crippen LogP contribution in [0.3, 0.4) is 0 Å². The molecule has 0 atom stereocenters. The summed E-state index contributed by atoms with van der Waals surface area (Å²) in [6.45, 7) is 11.4. The van der Waals surface area contributed by atoms with E-state index in [0.717, 1.165) is 39.8 Å². The molecule has 0 radical (unpaired) electrons. The Morgan fingerprint density at radius 2 is 1.85 bits per heavy atom. The van der Waals surface area contributed by atoms with Crippen molar-refractivity contribution in [3.05, 3.63) is 57.4 Å². The number of hydrogen-bond acceptors (Lipinski definition) is 3. The molecule has 0 unspecified atom stereocenters. The summed E-state index contributed by atoms with van der Waals surface area (Å²) in [5.41, 5.74) is 5.29. The van der Waals surface area contributed by atoms with Crippen LogP contribution in [0.5, 0.6) is 0 Å². The smallest absolute Gasteiger partial charge is 0.258 e. The van der Waals surface area contributed by atoms with Gasteiger partial charge in [-0.05, 0) is 43.0 Å². The predicted octanol–water partition coefficient (Wildman–Crippen LogP) is 4.52. The summed E-state index contributed by atoms with van der Waals surface area (Å²) in [5.74, 6) is 0.997. The van der Waals surface area contributed by atoms with Crippen LogP contribution in [0.15, 0.2) is 29.3 Å². The lowest BCUT2D eigenvalue weighted by Crippen LogP contribution is -2.26. The molecule has 0 spiro atoms. The highest BCUT2D eigenvalue weighted by molar-refractivity contribution is 8.03. The highest BCUT2D eigenvalue weighted by Gasteiger charge is 2.26. The highest BCUT2D eigenvalue weighted by atomic mass is 32.2. The minimum atomic E-state index is 0.0703. The van der Waals surface area contributed by atoms with Gasteiger partial charge in [-0.1, -0.05) is 32.9 Å². The number of rotatable bonds is 2. The van der Waals surface area contributed by atoms with Crippen LogP contribution >= 0.6 is 11.8 Å². The number of aromatic nitrogens is 2. The first kappa shape index (κ1) is 18.8. The molecule has 0 saturated carbocycles. The average molecular weight is 370 g/mol. The molecular weight excluding hydrogens is 342 g/mol. The number of nitrogens with zero attached hydrogens (tertiary/aromatic N) is 3. The van der Waals surface area contributed by atoms with Crippen molar-refractivity contribution in [3.8, 4) is 0 Å². The zero-order chi connectivity index (χ0) is 19.1. The van der Waals surface area contributed by atoms with Crippen LogP contribution in [-0.2, 0) is 12.5 Å². The Labute approximate surface area is 160 Å². The molecule has 0 N–H and O–H groups in total. The molecular formula is C21H27N3OS. The van der Waals surface area contributed by atoms with Gasteiger partial charge in [-0.15, -0.1) is 11.8 Å². The Kier molecular flexibility index (Phi) is 5.02. The minimum absolute atomic E-state index is 0.0703. The van der Waals surface area contributed by atoms with E-state index < -0.39 is 0 Å². The van der Waals surface area contributed by atoms with E-state index in [0.29, 0.717) is 0 Å². The van der Waals surface area contributed by atoms with Crippen molar-refractivity contribution in [2.75, 3.05) is 12.3 Å². The first-order chi connectivity index (χ1) is 12.2. The van der Waals surface area contributed by atoms with Crippen LogP contribution in [0.25, 0.3) is 6.08 Å². The molecule has 1 aromatic heterocycles. The third kappa shape index (κ3) is 3.58. The summed E-state index contributed by atoms with van der Waals surface area (Å²) >= 11 is 1.73. The number of carbonyl (C=O) groups is 1. The quantitative estimate of drug-likeness (QED) is 0.781. The first-order valence-corrected chi connectivity index (χ1v) is 9.94. The molecule has 0 aliphatic carbocycles. The Hall–Kier alpha value is -2.01. The van der Waals surface area contributed by atoms with Gasteiger partial charge in [0, 0.05) is 36.2 Å². The second-order valence-electron chi connectivity index (χ2n) is 7.82. The lowest BCUT2D eigenvalue weighted by Gasteiger charge is -2.20. The second-order valence-corrected chi connectivity index (χ2v) is 8.94. The fourth-order valence-electron chi connectivity index (χ4n) is 3.14. The fourth-order valence-corrected chi connectivity index (χ4v) is 4.16. The molecule has 3 rings (SSSR count). The average Bonchev–Trinajstić information content (AvgIpc) is 3.14. The largest absolute Gasteiger partial charge is 0.302 e. The summed E-state index contributed by atoms with van der Waals surface area (Å²) in [7, 11) is 1.95. The normalized spacial score (nSPS) is 16.5. The van der Waals surface area contributed by atoms with Gasteiger partial charge in [-0.2, -0.15) is 5.10 Å². The van der Waals surface area contributed by atoms with Crippen molar-refractivity contribution in [3.63, 3.8) is 0 Å². The van der Waals surface area contributed by atoms with Gasteiger partial charge in [-0.25, -0.2) is 0 Å². The molecule has 1 saturated heterocycles. The van der Waals surface area contributed by atoms with Crippen LogP contribution in [0.2, 0.25) is 0 Å². The molecule has 5 heteroatoms. The molecule has 4 nitrogen and oxygen atoms in total. The van der Waals surface area contributed by atoms with E-state index in [1.54, 1.807) is 11.8 Å². The monoisotopic (exact) mass is 369 g/mol. The highest BCUT2D eigenvalue weighted by Crippen LogP contribution is 2.32. The van der Waals surface area contributed by atoms with Gasteiger partial charge < -0.3 is 4.90 Å². The molecule has 2 heterocycles. The summed E-state index contributed by atoms with van der Waals surface area (Å²) in [6, 6.07) is 8.03. The van der Waals surface area contributed by atoms with E-state index in [9.17, 15) is 4.79 Å². The van der Waals surface area contributed by atoms with Crippen molar-refractivity contribution < 1.29 is 4.79 Å². The zero-order valence-electron chi connectivity index (χ0n) is 16.5. The van der Waals surface area contributed by atoms with E-state index in [1.165, 1.54) is 5.56 Å². The lowest BCUT2D eigenvalue weighted by atomic mass is 9.86. The van der Waals surface area contributed by atoms with E-state index in [4.69, 9.17) is 0 Å². The van der Waals surface area contributed by atoms with Gasteiger partial charge in [0.05, 0.1) is 10.7 Å². The van der Waals surface area contributed by atoms with Crippen LogP contribution in [0.4, 0.5) is 0 Å². The standard InChI is InChI=1S/C21H27N3OS/c1-14-18(15(2)23(6)22-14)13-19-24(11-12-26-19)20(25)16-7-9-17(10-8-16)21(3,4)5/h7-10,13H,11-12H2,1-6H3/b19-13+. The van der Waals surface area contributed by atoms with E-state index >= 15 is 0 Å². The molecule has 138 valence electrons. The minimum Gasteiger partial charge on any atom is -0.302 e. The SMILES string of the molecule is Cc1nn(C)c(C)c1/C=C1/SCCN1C(=O)c1ccc(C(C)(C)C)cc1. The van der Waals surface area contributed by atoms with Gasteiger partial charge in [0.1, 0.15) is 0 Å². The van der Waals surface area contributed by atoms with Gasteiger partial charge >= 0.3 is 0 Å². The predicted molar refractivity (Wildman–Crippen MR) is 109 cm³/mol. The van der Waals surface area contributed by atoms with Crippen LogP contribution in [0, 0.1) is 13.8 Å². The number of hydrogen-bond donors (Lipinski definition) is 0. The molecule has 2 aromatic rings. The number of benzene rings is 1. The molecule has 1 aliphatic rings. The van der Waals surface area contributed by atoms with Crippen molar-refractivity contribution in [1.29, 1.82) is 0 Å². The Balaban J connectivity index is 1.88. The Bertz CT molecular complexity index is 857. The second kappa shape index (κ2) is 6.95. The summed E-state index contributed by atoms with van der Waals surface area (Å²) in [6.07, 6.45) is 2.11. The fraction of sp³-hybridized carbons (Fsp3) is 0.429. The third-order valence-electron chi connectivity index (χ3n) is 4.91. The van der Waals surface area contributed by atoms with Gasteiger partial charge in [0.15, 0.2) is 0 Å². The van der Waals surface area contributed by atoms with Crippen LogP contribution in [0.1, 0.15) is 53.6 Å². The van der Waals surface area contributed by atoms with Crippen molar-refractivity contribution in [2.24, 2.45) is 7.05 Å². The van der Waals surface area contributed by atoms with Crippen molar-refractivity contribution in [2.45, 2.75) is 40.0 Å². The molecule has 1 fully saturated rings. The van der Waals surface area contributed by atoms with Gasteiger partial charge in [-0.3, -0.25) is 9.48 Å². The number of aryl methyl sites for hydroxylation is 2. The molecule has 1 aliphatic heterocycles. The topological polar surface area (TPSA) is 38.1 Å². The van der Waals surface area contributed by atoms with Crippen molar-refractivity contribution in [1.82, 2.24) is 14.7 Å². The van der Waals surface area contributed by atoms with Crippen LogP contribution < -0.4 is 0 Å². The molecule has 1 amide bonds. The maximum Gasteiger partial charge on any atom is 0.258 e. The third-order valence-corrected chi connectivity index (χ3v) is 5.93. The molecule has 26 heavy (non-hydrogen) atoms. The number of thioether (sulfide) groups is 1. The van der Waals surface area contributed by atoms with Crippen molar-refractivity contribution >= 4 is 23.7 Å². The zero-order valence-corrected chi connectivity index (χ0v) is 17.3. The first-order valence-electron chi connectivity index (χ1n) is 8.95. The van der Waals surface area contributed by atoms with E-state index in [-0.39, 0.29) is 11.3 Å². The summed E-state index contributed by atoms with van der Waals surface area (Å²) < 4.78 is 1.89. The maximum absolute atomic E-state index is 13.0. The molecule has 0 bridgehead atoms. The van der Waals surface area contributed by atoms with Gasteiger partial charge in [0.25, 0.3) is 5.91 Å². The van der Waals surface area contributed by atoms with Gasteiger partial charge in [0.2, 0.25) is 0 Å². The summed E-state index contributed by atoms with van der Waals surface area (Å²) in [5, 5.41) is 5.48. The Morgan fingerprint density at radius 1 is 1.19 bits per heavy atom.